The van der Waals surface area contributed by atoms with Crippen molar-refractivity contribution in [2.24, 2.45) is 5.92 Å². The molecule has 0 amide bonds. The van der Waals surface area contributed by atoms with Gasteiger partial charge in [0.05, 0.1) is 25.6 Å². The third kappa shape index (κ3) is 5.06. The predicted molar refractivity (Wildman–Crippen MR) is 103 cm³/mol. The zero-order valence-corrected chi connectivity index (χ0v) is 16.4. The normalized spacial score (nSPS) is 17.7. The summed E-state index contributed by atoms with van der Waals surface area (Å²) >= 11 is 0. The molecule has 27 heavy (non-hydrogen) atoms. The molecule has 2 heterocycles. The Bertz CT molecular complexity index is 737. The van der Waals surface area contributed by atoms with Crippen LogP contribution in [0.3, 0.4) is 0 Å². The van der Waals surface area contributed by atoms with Crippen molar-refractivity contribution in [2.45, 2.75) is 13.0 Å². The highest BCUT2D eigenvalue weighted by molar-refractivity contribution is 5.63. The third-order valence-corrected chi connectivity index (χ3v) is 5.15. The number of aromatic amines is 1. The smallest absolute Gasteiger partial charge is 0.165 e. The van der Waals surface area contributed by atoms with Crippen molar-refractivity contribution in [3.8, 4) is 17.0 Å². The highest BCUT2D eigenvalue weighted by Crippen LogP contribution is 2.27. The summed E-state index contributed by atoms with van der Waals surface area (Å²) in [6, 6.07) is 4.98. The van der Waals surface area contributed by atoms with E-state index in [-0.39, 0.29) is 11.6 Å². The summed E-state index contributed by atoms with van der Waals surface area (Å²) in [5.74, 6) is 0.544. The molecule has 0 spiro atoms. The number of aromatic nitrogens is 2. The van der Waals surface area contributed by atoms with Gasteiger partial charge in [0.2, 0.25) is 0 Å². The highest BCUT2D eigenvalue weighted by atomic mass is 19.1. The topological polar surface area (TPSA) is 53.6 Å². The largest absolute Gasteiger partial charge is 0.494 e. The monoisotopic (exact) mass is 376 g/mol. The number of nitrogens with zero attached hydrogens (tertiary/aromatic N) is 3. The average Bonchev–Trinajstić information content (AvgIpc) is 3.29. The van der Waals surface area contributed by atoms with Gasteiger partial charge >= 0.3 is 0 Å². The summed E-state index contributed by atoms with van der Waals surface area (Å²) in [5, 5.41) is 7.18. The Hall–Kier alpha value is -1.96. The molecular weight excluding hydrogens is 347 g/mol. The number of nitrogens with one attached hydrogen (secondary N) is 1. The predicted octanol–water partition coefficient (Wildman–Crippen LogP) is 2.62. The number of hydrogen-bond acceptors (Lipinski definition) is 5. The fourth-order valence-corrected chi connectivity index (χ4v) is 3.78. The lowest BCUT2D eigenvalue weighted by molar-refractivity contribution is 0.157. The van der Waals surface area contributed by atoms with E-state index in [1.54, 1.807) is 13.2 Å². The first-order chi connectivity index (χ1) is 13.1. The molecule has 0 aliphatic carbocycles. The molecule has 6 nitrogen and oxygen atoms in total. The van der Waals surface area contributed by atoms with Crippen molar-refractivity contribution in [3.63, 3.8) is 0 Å². The van der Waals surface area contributed by atoms with Crippen LogP contribution in [0.2, 0.25) is 0 Å². The van der Waals surface area contributed by atoms with E-state index >= 15 is 0 Å². The summed E-state index contributed by atoms with van der Waals surface area (Å²) < 4.78 is 24.2. The summed E-state index contributed by atoms with van der Waals surface area (Å²) in [4.78, 5) is 4.78. The first kappa shape index (κ1) is 19.8. The number of benzene rings is 1. The van der Waals surface area contributed by atoms with Crippen LogP contribution in [0.25, 0.3) is 11.3 Å². The van der Waals surface area contributed by atoms with Crippen LogP contribution < -0.4 is 4.74 Å². The van der Waals surface area contributed by atoms with Crippen LogP contribution in [-0.2, 0) is 11.3 Å². The minimum atomic E-state index is -0.369. The Morgan fingerprint density at radius 3 is 2.96 bits per heavy atom. The summed E-state index contributed by atoms with van der Waals surface area (Å²) in [6.45, 7) is 5.86. The van der Waals surface area contributed by atoms with Gasteiger partial charge in [-0.2, -0.15) is 5.10 Å². The molecule has 3 rings (SSSR count). The maximum atomic E-state index is 14.0. The maximum Gasteiger partial charge on any atom is 0.165 e. The fourth-order valence-electron chi connectivity index (χ4n) is 3.78. The molecule has 1 saturated heterocycles. The molecule has 148 valence electrons. The molecule has 1 N–H and O–H groups in total. The molecule has 0 saturated carbocycles. The molecule has 1 aliphatic heterocycles. The minimum absolute atomic E-state index is 0.246. The van der Waals surface area contributed by atoms with Gasteiger partial charge in [0.15, 0.2) is 11.6 Å². The van der Waals surface area contributed by atoms with Gasteiger partial charge in [-0.3, -0.25) is 5.10 Å². The van der Waals surface area contributed by atoms with E-state index < -0.39 is 0 Å². The summed E-state index contributed by atoms with van der Waals surface area (Å²) in [7, 11) is 5.34. The number of likely N-dealkylation sites (tertiary alicyclic amines) is 1. The van der Waals surface area contributed by atoms with E-state index in [1.807, 2.05) is 12.3 Å². The number of H-pyrrole nitrogens is 1. The standard InChI is InChI=1S/C20H29FN4O2/c1-24(12-15-6-7-25(13-15)8-9-26-2)14-17-11-22-23-20(17)16-4-5-19(27-3)18(21)10-16/h4-5,10-11,15H,6-9,12-14H2,1-3H3,(H,22,23). The lowest BCUT2D eigenvalue weighted by Gasteiger charge is -2.21. The Morgan fingerprint density at radius 2 is 2.22 bits per heavy atom. The Kier molecular flexibility index (Phi) is 6.82. The second-order valence-corrected chi connectivity index (χ2v) is 7.26. The molecule has 0 radical (unpaired) electrons. The number of ether oxygens (including phenoxy) is 2. The number of rotatable bonds is 9. The molecule has 1 fully saturated rings. The van der Waals surface area contributed by atoms with E-state index in [4.69, 9.17) is 9.47 Å². The van der Waals surface area contributed by atoms with Crippen molar-refractivity contribution >= 4 is 0 Å². The van der Waals surface area contributed by atoms with Gasteiger partial charge in [0.1, 0.15) is 0 Å². The summed E-state index contributed by atoms with van der Waals surface area (Å²) in [5.41, 5.74) is 2.70. The second kappa shape index (κ2) is 9.30. The first-order valence-corrected chi connectivity index (χ1v) is 9.36. The van der Waals surface area contributed by atoms with Gasteiger partial charge in [0, 0.05) is 44.4 Å². The molecule has 0 bridgehead atoms. The zero-order chi connectivity index (χ0) is 19.2. The van der Waals surface area contributed by atoms with Gasteiger partial charge in [-0.25, -0.2) is 4.39 Å². The van der Waals surface area contributed by atoms with E-state index in [9.17, 15) is 4.39 Å². The quantitative estimate of drug-likeness (QED) is 0.729. The van der Waals surface area contributed by atoms with Crippen molar-refractivity contribution in [1.82, 2.24) is 20.0 Å². The third-order valence-electron chi connectivity index (χ3n) is 5.15. The van der Waals surface area contributed by atoms with Gasteiger partial charge in [-0.15, -0.1) is 0 Å². The SMILES string of the molecule is COCCN1CCC(CN(C)Cc2cn[nH]c2-c2ccc(OC)c(F)c2)C1. The molecular formula is C20H29FN4O2. The molecule has 1 atom stereocenters. The van der Waals surface area contributed by atoms with Crippen molar-refractivity contribution in [2.75, 3.05) is 54.1 Å². The van der Waals surface area contributed by atoms with E-state index in [0.717, 1.165) is 56.2 Å². The lowest BCUT2D eigenvalue weighted by Crippen LogP contribution is -2.29. The lowest BCUT2D eigenvalue weighted by atomic mass is 10.1. The maximum absolute atomic E-state index is 14.0. The van der Waals surface area contributed by atoms with E-state index in [2.05, 4.69) is 27.0 Å². The Morgan fingerprint density at radius 1 is 1.37 bits per heavy atom. The first-order valence-electron chi connectivity index (χ1n) is 9.36. The van der Waals surface area contributed by atoms with Crippen LogP contribution in [-0.4, -0.2) is 74.1 Å². The highest BCUT2D eigenvalue weighted by Gasteiger charge is 2.23. The molecule has 1 unspecified atom stereocenters. The summed E-state index contributed by atoms with van der Waals surface area (Å²) in [6.07, 6.45) is 3.05. The van der Waals surface area contributed by atoms with Gasteiger partial charge < -0.3 is 19.3 Å². The minimum Gasteiger partial charge on any atom is -0.494 e. The second-order valence-electron chi connectivity index (χ2n) is 7.26. The number of hydrogen-bond donors (Lipinski definition) is 1. The van der Waals surface area contributed by atoms with Crippen LogP contribution in [0.4, 0.5) is 4.39 Å². The van der Waals surface area contributed by atoms with Crippen molar-refractivity contribution in [1.29, 1.82) is 0 Å². The molecule has 1 aromatic heterocycles. The van der Waals surface area contributed by atoms with Crippen LogP contribution in [0.1, 0.15) is 12.0 Å². The van der Waals surface area contributed by atoms with Crippen LogP contribution in [0.15, 0.2) is 24.4 Å². The number of halogens is 1. The Balaban J connectivity index is 1.59. The van der Waals surface area contributed by atoms with Crippen molar-refractivity contribution < 1.29 is 13.9 Å². The average molecular weight is 376 g/mol. The Labute approximate surface area is 160 Å². The molecule has 7 heteroatoms. The van der Waals surface area contributed by atoms with Gasteiger partial charge in [0.25, 0.3) is 0 Å². The van der Waals surface area contributed by atoms with Crippen LogP contribution in [0.5, 0.6) is 5.75 Å². The van der Waals surface area contributed by atoms with Gasteiger partial charge in [-0.1, -0.05) is 0 Å². The van der Waals surface area contributed by atoms with Crippen molar-refractivity contribution in [3.05, 3.63) is 35.8 Å². The number of methoxy groups -OCH3 is 2. The van der Waals surface area contributed by atoms with Crippen LogP contribution in [0, 0.1) is 11.7 Å². The van der Waals surface area contributed by atoms with Gasteiger partial charge in [-0.05, 0) is 44.1 Å². The molecule has 2 aromatic rings. The van der Waals surface area contributed by atoms with E-state index in [1.165, 1.54) is 19.6 Å². The molecule has 1 aromatic carbocycles. The van der Waals surface area contributed by atoms with Crippen LogP contribution >= 0.6 is 0 Å². The molecule has 1 aliphatic rings. The zero-order valence-electron chi connectivity index (χ0n) is 16.4. The fraction of sp³-hybridized carbons (Fsp3) is 0.550. The van der Waals surface area contributed by atoms with E-state index in [0.29, 0.717) is 5.92 Å².